The molecule has 0 atom stereocenters. The van der Waals surface area contributed by atoms with Gasteiger partial charge in [0.15, 0.2) is 5.69 Å². The fourth-order valence-corrected chi connectivity index (χ4v) is 2.02. The Bertz CT molecular complexity index is 636. The lowest BCUT2D eigenvalue weighted by molar-refractivity contribution is 0.0690. The van der Waals surface area contributed by atoms with Crippen molar-refractivity contribution in [2.45, 2.75) is 13.5 Å². The molecule has 2 N–H and O–H groups in total. The molecular weight excluding hydrogens is 270 g/mol. The van der Waals surface area contributed by atoms with Gasteiger partial charge in [-0.3, -0.25) is 0 Å². The van der Waals surface area contributed by atoms with Gasteiger partial charge in [0.25, 0.3) is 0 Å². The van der Waals surface area contributed by atoms with Gasteiger partial charge in [-0.05, 0) is 24.6 Å². The van der Waals surface area contributed by atoms with Gasteiger partial charge < -0.3 is 15.3 Å². The molecule has 0 saturated carbocycles. The van der Waals surface area contributed by atoms with Crippen molar-refractivity contribution in [1.29, 1.82) is 0 Å². The summed E-state index contributed by atoms with van der Waals surface area (Å²) in [4.78, 5) is 12.8. The van der Waals surface area contributed by atoms with Gasteiger partial charge in [-0.15, -0.1) is 5.10 Å². The van der Waals surface area contributed by atoms with E-state index in [1.54, 1.807) is 0 Å². The topological polar surface area (TPSA) is 83.3 Å². The van der Waals surface area contributed by atoms with Crippen LogP contribution >= 0.6 is 0 Å². The minimum Gasteiger partial charge on any atom is -0.476 e. The van der Waals surface area contributed by atoms with Gasteiger partial charge in [0, 0.05) is 32.0 Å². The van der Waals surface area contributed by atoms with Crippen LogP contribution in [-0.2, 0) is 6.54 Å². The van der Waals surface area contributed by atoms with Crippen LogP contribution in [0.2, 0.25) is 0 Å². The Labute approximate surface area is 123 Å². The standard InChI is InChI=1S/C14H19N5O2/c1-10-4-5-11(8-13(10)18(2)3)15-6-7-19-9-12(14(20)21)16-17-19/h4-5,8-9,15H,6-7H2,1-3H3,(H,20,21). The van der Waals surface area contributed by atoms with Gasteiger partial charge in [-0.1, -0.05) is 11.3 Å². The SMILES string of the molecule is Cc1ccc(NCCn2cc(C(=O)O)nn2)cc1N(C)C. The Kier molecular flexibility index (Phi) is 4.42. The number of hydrogen-bond donors (Lipinski definition) is 2. The van der Waals surface area contributed by atoms with Gasteiger partial charge in [-0.25, -0.2) is 9.48 Å². The average molecular weight is 289 g/mol. The number of carboxylic acids is 1. The van der Waals surface area contributed by atoms with E-state index in [9.17, 15) is 4.79 Å². The van der Waals surface area contributed by atoms with Crippen molar-refractivity contribution in [1.82, 2.24) is 15.0 Å². The van der Waals surface area contributed by atoms with Crippen molar-refractivity contribution in [3.8, 4) is 0 Å². The van der Waals surface area contributed by atoms with Crippen molar-refractivity contribution >= 4 is 17.3 Å². The highest BCUT2D eigenvalue weighted by atomic mass is 16.4. The summed E-state index contributed by atoms with van der Waals surface area (Å²) in [6, 6.07) is 6.17. The number of nitrogens with zero attached hydrogens (tertiary/aromatic N) is 4. The molecule has 0 aliphatic rings. The molecule has 0 amide bonds. The number of carboxylic acid groups (broad SMARTS) is 1. The van der Waals surface area contributed by atoms with Crippen LogP contribution in [0, 0.1) is 6.92 Å². The molecule has 7 heteroatoms. The number of rotatable bonds is 6. The number of aryl methyl sites for hydroxylation is 1. The monoisotopic (exact) mass is 289 g/mol. The Balaban J connectivity index is 1.94. The van der Waals surface area contributed by atoms with Gasteiger partial charge in [0.2, 0.25) is 0 Å². The van der Waals surface area contributed by atoms with E-state index < -0.39 is 5.97 Å². The van der Waals surface area contributed by atoms with E-state index in [0.717, 1.165) is 11.4 Å². The van der Waals surface area contributed by atoms with E-state index in [4.69, 9.17) is 5.11 Å². The molecule has 0 bridgehead atoms. The predicted octanol–water partition coefficient (Wildman–Crippen LogP) is 1.46. The van der Waals surface area contributed by atoms with E-state index in [1.807, 2.05) is 20.2 Å². The zero-order chi connectivity index (χ0) is 15.4. The summed E-state index contributed by atoms with van der Waals surface area (Å²) < 4.78 is 1.51. The highest BCUT2D eigenvalue weighted by Crippen LogP contribution is 2.22. The second kappa shape index (κ2) is 6.25. The quantitative estimate of drug-likeness (QED) is 0.837. The van der Waals surface area contributed by atoms with Crippen LogP contribution in [0.25, 0.3) is 0 Å². The molecule has 1 aromatic heterocycles. The minimum absolute atomic E-state index is 0.0415. The van der Waals surface area contributed by atoms with E-state index >= 15 is 0 Å². The molecule has 0 fully saturated rings. The molecule has 21 heavy (non-hydrogen) atoms. The number of benzene rings is 1. The van der Waals surface area contributed by atoms with Crippen molar-refractivity contribution in [2.24, 2.45) is 0 Å². The van der Waals surface area contributed by atoms with Crippen molar-refractivity contribution in [2.75, 3.05) is 30.9 Å². The first-order chi connectivity index (χ1) is 9.97. The number of anilines is 2. The van der Waals surface area contributed by atoms with Gasteiger partial charge in [0.05, 0.1) is 12.7 Å². The largest absolute Gasteiger partial charge is 0.476 e. The number of aromatic nitrogens is 3. The summed E-state index contributed by atoms with van der Waals surface area (Å²) in [5.74, 6) is -1.07. The van der Waals surface area contributed by atoms with E-state index in [2.05, 4.69) is 39.6 Å². The molecule has 112 valence electrons. The third-order valence-corrected chi connectivity index (χ3v) is 3.12. The fraction of sp³-hybridized carbons (Fsp3) is 0.357. The van der Waals surface area contributed by atoms with E-state index in [-0.39, 0.29) is 5.69 Å². The highest BCUT2D eigenvalue weighted by Gasteiger charge is 2.07. The lowest BCUT2D eigenvalue weighted by atomic mass is 10.1. The van der Waals surface area contributed by atoms with Gasteiger partial charge in [-0.2, -0.15) is 0 Å². The molecule has 1 aromatic carbocycles. The normalized spacial score (nSPS) is 10.4. The third-order valence-electron chi connectivity index (χ3n) is 3.12. The van der Waals surface area contributed by atoms with Crippen molar-refractivity contribution in [3.63, 3.8) is 0 Å². The summed E-state index contributed by atoms with van der Waals surface area (Å²) in [5, 5.41) is 19.4. The smallest absolute Gasteiger partial charge is 0.358 e. The second-order valence-corrected chi connectivity index (χ2v) is 4.99. The number of carbonyl (C=O) groups is 1. The first-order valence-corrected chi connectivity index (χ1v) is 6.62. The Hall–Kier alpha value is -2.57. The van der Waals surface area contributed by atoms with Crippen LogP contribution in [0.1, 0.15) is 16.1 Å². The summed E-state index contributed by atoms with van der Waals surface area (Å²) in [5.41, 5.74) is 3.35. The van der Waals surface area contributed by atoms with Crippen molar-refractivity contribution in [3.05, 3.63) is 35.7 Å². The molecule has 1 heterocycles. The van der Waals surface area contributed by atoms with Crippen LogP contribution in [0.15, 0.2) is 24.4 Å². The molecule has 0 saturated heterocycles. The number of aromatic carboxylic acids is 1. The van der Waals surface area contributed by atoms with Gasteiger partial charge in [0.1, 0.15) is 0 Å². The van der Waals surface area contributed by atoms with Crippen LogP contribution in [0.5, 0.6) is 0 Å². The number of hydrogen-bond acceptors (Lipinski definition) is 5. The molecule has 0 aliphatic heterocycles. The molecule has 0 unspecified atom stereocenters. The average Bonchev–Trinajstić information content (AvgIpc) is 2.89. The zero-order valence-corrected chi connectivity index (χ0v) is 12.4. The molecular formula is C14H19N5O2. The first-order valence-electron chi connectivity index (χ1n) is 6.62. The summed E-state index contributed by atoms with van der Waals surface area (Å²) in [7, 11) is 4.02. The molecule has 2 rings (SSSR count). The highest BCUT2D eigenvalue weighted by molar-refractivity contribution is 5.84. The van der Waals surface area contributed by atoms with E-state index in [0.29, 0.717) is 13.1 Å². The maximum absolute atomic E-state index is 10.7. The fourth-order valence-electron chi connectivity index (χ4n) is 2.02. The molecule has 2 aromatic rings. The molecule has 7 nitrogen and oxygen atoms in total. The van der Waals surface area contributed by atoms with Crippen LogP contribution in [0.3, 0.4) is 0 Å². The molecule has 0 aliphatic carbocycles. The molecule has 0 spiro atoms. The minimum atomic E-state index is -1.07. The summed E-state index contributed by atoms with van der Waals surface area (Å²) in [6.45, 7) is 3.26. The van der Waals surface area contributed by atoms with E-state index in [1.165, 1.54) is 16.4 Å². The number of nitrogens with one attached hydrogen (secondary N) is 1. The summed E-state index contributed by atoms with van der Waals surface area (Å²) >= 11 is 0. The maximum Gasteiger partial charge on any atom is 0.358 e. The summed E-state index contributed by atoms with van der Waals surface area (Å²) in [6.07, 6.45) is 1.42. The Morgan fingerprint density at radius 1 is 1.43 bits per heavy atom. The lowest BCUT2D eigenvalue weighted by Crippen LogP contribution is -2.13. The predicted molar refractivity (Wildman–Crippen MR) is 81.0 cm³/mol. The first kappa shape index (κ1) is 14.8. The second-order valence-electron chi connectivity index (χ2n) is 4.99. The molecule has 0 radical (unpaired) electrons. The van der Waals surface area contributed by atoms with Crippen LogP contribution in [-0.4, -0.2) is 46.7 Å². The Morgan fingerprint density at radius 2 is 2.19 bits per heavy atom. The maximum atomic E-state index is 10.7. The zero-order valence-electron chi connectivity index (χ0n) is 12.4. The lowest BCUT2D eigenvalue weighted by Gasteiger charge is -2.17. The third kappa shape index (κ3) is 3.71. The Morgan fingerprint density at radius 3 is 2.81 bits per heavy atom. The van der Waals surface area contributed by atoms with Crippen LogP contribution < -0.4 is 10.2 Å². The van der Waals surface area contributed by atoms with Crippen molar-refractivity contribution < 1.29 is 9.90 Å². The van der Waals surface area contributed by atoms with Crippen LogP contribution in [0.4, 0.5) is 11.4 Å². The van der Waals surface area contributed by atoms with Gasteiger partial charge >= 0.3 is 5.97 Å².